The maximum absolute atomic E-state index is 10.0. The number of unbranched alkanes of at least 4 members (excludes halogenated alkanes) is 1. The van der Waals surface area contributed by atoms with E-state index in [2.05, 4.69) is 0 Å². The van der Waals surface area contributed by atoms with Crippen LogP contribution in [-0.2, 0) is 9.59 Å². The Labute approximate surface area is 89.3 Å². The highest BCUT2D eigenvalue weighted by Crippen LogP contribution is 1.90. The molecule has 0 aliphatic rings. The lowest BCUT2D eigenvalue weighted by Gasteiger charge is -1.90. The van der Waals surface area contributed by atoms with Crippen molar-refractivity contribution in [2.75, 3.05) is 13.2 Å². The van der Waals surface area contributed by atoms with Crippen LogP contribution in [0.25, 0.3) is 0 Å². The Balaban J connectivity index is 0. The van der Waals surface area contributed by atoms with Crippen LogP contribution in [0.5, 0.6) is 0 Å². The molecule has 0 aromatic heterocycles. The van der Waals surface area contributed by atoms with E-state index in [4.69, 9.17) is 21.7 Å². The highest BCUT2D eigenvalue weighted by Gasteiger charge is 1.91. The van der Waals surface area contributed by atoms with Crippen LogP contribution in [0.4, 0.5) is 0 Å². The van der Waals surface area contributed by atoms with Crippen LogP contribution < -0.4 is 11.5 Å². The average molecular weight is 220 g/mol. The normalized spacial score (nSPS) is 8.93. The van der Waals surface area contributed by atoms with Gasteiger partial charge in [-0.1, -0.05) is 0 Å². The van der Waals surface area contributed by atoms with Crippen LogP contribution >= 0.6 is 0 Å². The predicted molar refractivity (Wildman–Crippen MR) is 55.6 cm³/mol. The van der Waals surface area contributed by atoms with Gasteiger partial charge < -0.3 is 21.7 Å². The Kier molecular flexibility index (Phi) is 14.0. The Bertz CT molecular complexity index is 173. The Hall–Kier alpha value is -1.14. The van der Waals surface area contributed by atoms with E-state index >= 15 is 0 Å². The molecule has 0 rings (SSSR count). The second kappa shape index (κ2) is 12.9. The van der Waals surface area contributed by atoms with Crippen LogP contribution in [0.15, 0.2) is 0 Å². The molecule has 0 saturated heterocycles. The van der Waals surface area contributed by atoms with Crippen molar-refractivity contribution in [1.82, 2.24) is 0 Å². The van der Waals surface area contributed by atoms with Gasteiger partial charge in [0.2, 0.25) is 11.8 Å². The number of hydrogen-bond donors (Lipinski definition) is 4. The number of rotatable bonds is 7. The first kappa shape index (κ1) is 16.3. The lowest BCUT2D eigenvalue weighted by Crippen LogP contribution is -2.10. The first-order chi connectivity index (χ1) is 7.04. The molecule has 0 aromatic carbocycles. The minimum atomic E-state index is -0.353. The first-order valence-electron chi connectivity index (χ1n) is 4.83. The molecule has 0 heterocycles. The third-order valence-corrected chi connectivity index (χ3v) is 1.41. The fraction of sp³-hybridized carbons (Fsp3) is 0.778. The predicted octanol–water partition coefficient (Wildman–Crippen LogP) is -1.12. The summed E-state index contributed by atoms with van der Waals surface area (Å²) in [5, 5.41) is 16.3. The zero-order valence-corrected chi connectivity index (χ0v) is 8.82. The van der Waals surface area contributed by atoms with E-state index in [9.17, 15) is 9.59 Å². The van der Waals surface area contributed by atoms with Gasteiger partial charge in [-0.25, -0.2) is 0 Å². The molecule has 0 atom stereocenters. The molecule has 0 fully saturated rings. The summed E-state index contributed by atoms with van der Waals surface area (Å²) in [6.07, 6.45) is 2.53. The van der Waals surface area contributed by atoms with E-state index in [-0.39, 0.29) is 31.4 Å². The molecule has 0 spiro atoms. The lowest BCUT2D eigenvalue weighted by molar-refractivity contribution is -0.119. The molecular formula is C9H20N2O4. The van der Waals surface area contributed by atoms with Crippen LogP contribution in [0, 0.1) is 0 Å². The van der Waals surface area contributed by atoms with Crippen molar-refractivity contribution in [1.29, 1.82) is 0 Å². The summed E-state index contributed by atoms with van der Waals surface area (Å²) in [6.45, 7) is 0.191. The van der Waals surface area contributed by atoms with Crippen molar-refractivity contribution in [2.24, 2.45) is 11.5 Å². The van der Waals surface area contributed by atoms with E-state index < -0.39 is 0 Å². The zero-order valence-electron chi connectivity index (χ0n) is 8.82. The molecule has 0 bridgehead atoms. The molecule has 6 nitrogen and oxygen atoms in total. The van der Waals surface area contributed by atoms with E-state index in [1.54, 1.807) is 0 Å². The van der Waals surface area contributed by atoms with Crippen molar-refractivity contribution >= 4 is 11.8 Å². The van der Waals surface area contributed by atoms with Crippen molar-refractivity contribution < 1.29 is 19.8 Å². The standard InChI is InChI=1S/C5H11NO2.C4H9NO2/c6-5(8)3-1-2-4-7;5-4(7)2-1-3-6/h7H,1-4H2,(H2,6,8);6H,1-3H2,(H2,5,7). The summed E-state index contributed by atoms with van der Waals surface area (Å²) < 4.78 is 0. The molecule has 90 valence electrons. The van der Waals surface area contributed by atoms with Gasteiger partial charge in [0, 0.05) is 26.1 Å². The molecule has 0 aliphatic heterocycles. The number of carbonyl (C=O) groups excluding carboxylic acids is 2. The summed E-state index contributed by atoms with van der Waals surface area (Å²) in [5.41, 5.74) is 9.54. The molecule has 15 heavy (non-hydrogen) atoms. The number of primary amides is 2. The van der Waals surface area contributed by atoms with E-state index in [1.807, 2.05) is 0 Å². The molecule has 2 amide bonds. The molecule has 0 aromatic rings. The summed E-state index contributed by atoms with van der Waals surface area (Å²) in [7, 11) is 0. The zero-order chi connectivity index (χ0) is 12.1. The minimum absolute atomic E-state index is 0.0446. The Morgan fingerprint density at radius 1 is 0.800 bits per heavy atom. The van der Waals surface area contributed by atoms with Gasteiger partial charge >= 0.3 is 0 Å². The van der Waals surface area contributed by atoms with Gasteiger partial charge in [0.15, 0.2) is 0 Å². The number of hydrogen-bond acceptors (Lipinski definition) is 4. The lowest BCUT2D eigenvalue weighted by atomic mass is 10.2. The minimum Gasteiger partial charge on any atom is -0.396 e. The largest absolute Gasteiger partial charge is 0.396 e. The second-order valence-electron chi connectivity index (χ2n) is 2.94. The summed E-state index contributed by atoms with van der Waals surface area (Å²) in [4.78, 5) is 19.9. The van der Waals surface area contributed by atoms with Crippen LogP contribution in [-0.4, -0.2) is 35.2 Å². The highest BCUT2D eigenvalue weighted by atomic mass is 16.3. The SMILES string of the molecule is NC(=O)CCCCO.NC(=O)CCCO. The topological polar surface area (TPSA) is 127 Å². The summed E-state index contributed by atoms with van der Waals surface area (Å²) in [6, 6.07) is 0. The Morgan fingerprint density at radius 3 is 1.47 bits per heavy atom. The number of aliphatic hydroxyl groups is 2. The van der Waals surface area contributed by atoms with E-state index in [1.165, 1.54) is 0 Å². The molecular weight excluding hydrogens is 200 g/mol. The van der Waals surface area contributed by atoms with Crippen molar-refractivity contribution in [3.8, 4) is 0 Å². The molecule has 0 saturated carbocycles. The quantitative estimate of drug-likeness (QED) is 0.405. The third kappa shape index (κ3) is 24.6. The molecule has 6 heteroatoms. The average Bonchev–Trinajstić information content (AvgIpc) is 2.15. The van der Waals surface area contributed by atoms with Gasteiger partial charge in [-0.3, -0.25) is 9.59 Å². The fourth-order valence-corrected chi connectivity index (χ4v) is 0.664. The van der Waals surface area contributed by atoms with Crippen molar-refractivity contribution in [2.45, 2.75) is 32.1 Å². The van der Waals surface area contributed by atoms with Crippen LogP contribution in [0.3, 0.4) is 0 Å². The van der Waals surface area contributed by atoms with Crippen molar-refractivity contribution in [3.63, 3.8) is 0 Å². The van der Waals surface area contributed by atoms with Gasteiger partial charge in [-0.2, -0.15) is 0 Å². The summed E-state index contributed by atoms with van der Waals surface area (Å²) >= 11 is 0. The van der Waals surface area contributed by atoms with Gasteiger partial charge in [-0.15, -0.1) is 0 Å². The van der Waals surface area contributed by atoms with Gasteiger partial charge in [-0.05, 0) is 19.3 Å². The maximum atomic E-state index is 10.0. The maximum Gasteiger partial charge on any atom is 0.217 e. The van der Waals surface area contributed by atoms with Gasteiger partial charge in [0.05, 0.1) is 0 Å². The molecule has 0 aliphatic carbocycles. The number of nitrogens with two attached hydrogens (primary N) is 2. The summed E-state index contributed by atoms with van der Waals surface area (Å²) in [5.74, 6) is -0.646. The van der Waals surface area contributed by atoms with E-state index in [0.29, 0.717) is 25.7 Å². The fourth-order valence-electron chi connectivity index (χ4n) is 0.664. The molecule has 0 radical (unpaired) electrons. The smallest absolute Gasteiger partial charge is 0.217 e. The number of amides is 2. The first-order valence-corrected chi connectivity index (χ1v) is 4.83. The number of carbonyl (C=O) groups is 2. The molecule has 6 N–H and O–H groups in total. The van der Waals surface area contributed by atoms with Crippen LogP contribution in [0.1, 0.15) is 32.1 Å². The van der Waals surface area contributed by atoms with Crippen LogP contribution in [0.2, 0.25) is 0 Å². The second-order valence-corrected chi connectivity index (χ2v) is 2.94. The monoisotopic (exact) mass is 220 g/mol. The van der Waals surface area contributed by atoms with E-state index in [0.717, 1.165) is 0 Å². The van der Waals surface area contributed by atoms with Gasteiger partial charge in [0.25, 0.3) is 0 Å². The van der Waals surface area contributed by atoms with Gasteiger partial charge in [0.1, 0.15) is 0 Å². The Morgan fingerprint density at radius 2 is 1.20 bits per heavy atom. The third-order valence-electron chi connectivity index (χ3n) is 1.41. The molecule has 0 unspecified atom stereocenters. The highest BCUT2D eigenvalue weighted by molar-refractivity contribution is 5.73. The van der Waals surface area contributed by atoms with Crippen molar-refractivity contribution in [3.05, 3.63) is 0 Å². The number of aliphatic hydroxyl groups excluding tert-OH is 2.